The maximum atomic E-state index is 10.4. The van der Waals surface area contributed by atoms with Gasteiger partial charge in [-0.2, -0.15) is 0 Å². The smallest absolute Gasteiger partial charge is 0.332 e. The Morgan fingerprint density at radius 3 is 0.938 bits per heavy atom. The van der Waals surface area contributed by atoms with Gasteiger partial charge in [0.05, 0.1) is 0 Å². The Kier molecular flexibility index (Phi) is 28.9. The number of rotatable bonds is 23. The van der Waals surface area contributed by atoms with E-state index >= 15 is 0 Å². The molecule has 0 aromatic heterocycles. The van der Waals surface area contributed by atoms with Crippen molar-refractivity contribution in [3.8, 4) is 0 Å². The van der Waals surface area contributed by atoms with Gasteiger partial charge in [0, 0.05) is 6.42 Å². The predicted molar refractivity (Wildman–Crippen MR) is 134 cm³/mol. The highest BCUT2D eigenvalue weighted by molar-refractivity contribution is 5.71. The van der Waals surface area contributed by atoms with E-state index in [1.807, 2.05) is 0 Å². The van der Waals surface area contributed by atoms with Crippen molar-refractivity contribution in [1.82, 2.24) is 0 Å². The van der Waals surface area contributed by atoms with Crippen LogP contribution in [0.25, 0.3) is 0 Å². The van der Waals surface area contributed by atoms with Crippen LogP contribution >= 0.6 is 0 Å². The summed E-state index contributed by atoms with van der Waals surface area (Å²) >= 11 is 0. The van der Waals surface area contributed by atoms with Gasteiger partial charge in [0.25, 0.3) is 0 Å². The van der Waals surface area contributed by atoms with E-state index in [1.54, 1.807) is 0 Å². The van der Waals surface area contributed by atoms with Crippen LogP contribution in [0.1, 0.15) is 155 Å². The Morgan fingerprint density at radius 2 is 0.750 bits per heavy atom. The van der Waals surface area contributed by atoms with Crippen LogP contribution in [-0.4, -0.2) is 33.4 Å². The van der Waals surface area contributed by atoms with Crippen molar-refractivity contribution in [2.24, 2.45) is 0 Å². The zero-order chi connectivity index (χ0) is 24.3. The van der Waals surface area contributed by atoms with Crippen LogP contribution in [0.4, 0.5) is 0 Å². The lowest BCUT2D eigenvalue weighted by atomic mass is 10.0. The monoisotopic (exact) mass is 458 g/mol. The van der Waals surface area contributed by atoms with Gasteiger partial charge in [0.1, 0.15) is 6.10 Å². The first-order chi connectivity index (χ1) is 15.4. The number of carboxylic acids is 2. The molecule has 5 heteroatoms. The fraction of sp³-hybridized carbons (Fsp3) is 0.926. The zero-order valence-corrected chi connectivity index (χ0v) is 21.3. The molecule has 0 aliphatic carbocycles. The summed E-state index contributed by atoms with van der Waals surface area (Å²) in [6, 6.07) is 0. The van der Waals surface area contributed by atoms with Gasteiger partial charge in [-0.15, -0.1) is 0 Å². The molecule has 1 atom stereocenters. The fourth-order valence-electron chi connectivity index (χ4n) is 3.71. The van der Waals surface area contributed by atoms with E-state index in [0.29, 0.717) is 6.42 Å². The molecule has 0 radical (unpaired) electrons. The lowest BCUT2D eigenvalue weighted by Gasteiger charge is -2.04. The highest BCUT2D eigenvalue weighted by Crippen LogP contribution is 2.15. The molecule has 0 aliphatic heterocycles. The third-order valence-electron chi connectivity index (χ3n) is 5.85. The number of hydrogen-bond acceptors (Lipinski definition) is 3. The third kappa shape index (κ3) is 33.5. The summed E-state index contributed by atoms with van der Waals surface area (Å²) in [5.41, 5.74) is 0. The third-order valence-corrected chi connectivity index (χ3v) is 5.85. The molecule has 5 nitrogen and oxygen atoms in total. The van der Waals surface area contributed by atoms with E-state index in [-0.39, 0.29) is 0 Å². The van der Waals surface area contributed by atoms with Gasteiger partial charge in [-0.05, 0) is 13.3 Å². The van der Waals surface area contributed by atoms with Gasteiger partial charge in [0.2, 0.25) is 0 Å². The van der Waals surface area contributed by atoms with Crippen molar-refractivity contribution >= 4 is 11.9 Å². The minimum absolute atomic E-state index is 0.346. The normalized spacial score (nSPS) is 11.6. The van der Waals surface area contributed by atoms with Crippen LogP contribution in [0.3, 0.4) is 0 Å². The van der Waals surface area contributed by atoms with Crippen molar-refractivity contribution in [2.45, 2.75) is 161 Å². The number of aliphatic carboxylic acids is 2. The first-order valence-electron chi connectivity index (χ1n) is 13.5. The van der Waals surface area contributed by atoms with Crippen molar-refractivity contribution < 1.29 is 24.9 Å². The predicted octanol–water partition coefficient (Wildman–Crippen LogP) is 8.12. The van der Waals surface area contributed by atoms with Gasteiger partial charge >= 0.3 is 11.9 Å². The topological polar surface area (TPSA) is 94.8 Å². The minimum Gasteiger partial charge on any atom is -0.481 e. The maximum absolute atomic E-state index is 10.4. The average Bonchev–Trinajstić information content (AvgIpc) is 2.75. The van der Waals surface area contributed by atoms with E-state index in [2.05, 4.69) is 6.92 Å². The summed E-state index contributed by atoms with van der Waals surface area (Å²) < 4.78 is 0. The first kappa shape index (κ1) is 33.1. The number of carbonyl (C=O) groups is 2. The molecule has 0 bridgehead atoms. The van der Waals surface area contributed by atoms with E-state index in [1.165, 1.54) is 129 Å². The summed E-state index contributed by atoms with van der Waals surface area (Å²) in [6.45, 7) is 3.48. The van der Waals surface area contributed by atoms with Crippen molar-refractivity contribution in [2.75, 3.05) is 0 Å². The molecular formula is C27H54O5. The molecule has 192 valence electrons. The Morgan fingerprint density at radius 1 is 0.531 bits per heavy atom. The van der Waals surface area contributed by atoms with Crippen LogP contribution in [0.15, 0.2) is 0 Å². The van der Waals surface area contributed by atoms with Gasteiger partial charge in [-0.25, -0.2) is 4.79 Å². The van der Waals surface area contributed by atoms with E-state index in [0.717, 1.165) is 12.8 Å². The number of unbranched alkanes of at least 4 members (excludes halogenated alkanes) is 20. The van der Waals surface area contributed by atoms with Gasteiger partial charge < -0.3 is 15.3 Å². The number of aliphatic hydroxyl groups excluding tert-OH is 1. The molecule has 0 saturated heterocycles. The second kappa shape index (κ2) is 27.9. The largest absolute Gasteiger partial charge is 0.481 e. The lowest BCUT2D eigenvalue weighted by Crippen LogP contribution is -2.13. The molecular weight excluding hydrogens is 404 g/mol. The summed E-state index contributed by atoms with van der Waals surface area (Å²) in [4.78, 5) is 19.8. The summed E-state index contributed by atoms with van der Waals surface area (Å²) in [5, 5.41) is 24.3. The summed E-state index contributed by atoms with van der Waals surface area (Å²) in [5.74, 6) is -1.84. The SMILES string of the molecule is CC(O)C(=O)O.CCCCCCCCCCCCCCCCCCCCCCCC(=O)O. The molecule has 32 heavy (non-hydrogen) atoms. The molecule has 0 aromatic carbocycles. The number of hydrogen-bond donors (Lipinski definition) is 3. The highest BCUT2D eigenvalue weighted by atomic mass is 16.4. The lowest BCUT2D eigenvalue weighted by molar-refractivity contribution is -0.145. The van der Waals surface area contributed by atoms with Crippen molar-refractivity contribution in [3.05, 3.63) is 0 Å². The average molecular weight is 459 g/mol. The van der Waals surface area contributed by atoms with Crippen LogP contribution in [0, 0.1) is 0 Å². The van der Waals surface area contributed by atoms with Crippen LogP contribution in [0.5, 0.6) is 0 Å². The molecule has 0 heterocycles. The van der Waals surface area contributed by atoms with Gasteiger partial charge in [-0.3, -0.25) is 4.79 Å². The Bertz CT molecular complexity index is 396. The summed E-state index contributed by atoms with van der Waals surface area (Å²) in [6.07, 6.45) is 27.8. The Hall–Kier alpha value is -1.10. The second-order valence-electron chi connectivity index (χ2n) is 9.23. The first-order valence-corrected chi connectivity index (χ1v) is 13.5. The van der Waals surface area contributed by atoms with Crippen LogP contribution < -0.4 is 0 Å². The van der Waals surface area contributed by atoms with E-state index in [9.17, 15) is 9.59 Å². The number of aliphatic hydroxyl groups is 1. The molecule has 0 saturated carbocycles. The second-order valence-corrected chi connectivity index (χ2v) is 9.23. The molecule has 0 aromatic rings. The molecule has 0 aliphatic rings. The van der Waals surface area contributed by atoms with Gasteiger partial charge in [0.15, 0.2) is 0 Å². The maximum Gasteiger partial charge on any atom is 0.332 e. The van der Waals surface area contributed by atoms with Crippen LogP contribution in [-0.2, 0) is 9.59 Å². The Labute approximate surface area is 198 Å². The zero-order valence-electron chi connectivity index (χ0n) is 21.3. The Balaban J connectivity index is 0. The number of carboxylic acid groups (broad SMARTS) is 2. The molecule has 0 amide bonds. The van der Waals surface area contributed by atoms with Gasteiger partial charge in [-0.1, -0.05) is 135 Å². The van der Waals surface area contributed by atoms with E-state index in [4.69, 9.17) is 15.3 Å². The van der Waals surface area contributed by atoms with Crippen LogP contribution in [0.2, 0.25) is 0 Å². The fourth-order valence-corrected chi connectivity index (χ4v) is 3.71. The molecule has 1 unspecified atom stereocenters. The molecule has 0 rings (SSSR count). The quantitative estimate of drug-likeness (QED) is 0.134. The van der Waals surface area contributed by atoms with Crippen molar-refractivity contribution in [3.63, 3.8) is 0 Å². The molecule has 3 N–H and O–H groups in total. The van der Waals surface area contributed by atoms with Crippen molar-refractivity contribution in [1.29, 1.82) is 0 Å². The van der Waals surface area contributed by atoms with E-state index < -0.39 is 18.0 Å². The summed E-state index contributed by atoms with van der Waals surface area (Å²) in [7, 11) is 0. The molecule has 0 fully saturated rings. The standard InChI is InChI=1S/C24H48O2.C3H6O3/c1-2-3-4-5-6-7-8-9-10-11-12-13-14-15-16-17-18-19-20-21-22-23-24(25)26;1-2(4)3(5)6/h2-23H2,1H3,(H,25,26);2,4H,1H3,(H,5,6). The molecule has 0 spiro atoms. The minimum atomic E-state index is -1.23. The highest BCUT2D eigenvalue weighted by Gasteiger charge is 2.01.